The van der Waals surface area contributed by atoms with Gasteiger partial charge in [-0.05, 0) is 154 Å². The summed E-state index contributed by atoms with van der Waals surface area (Å²) in [6.07, 6.45) is 15.1. The van der Waals surface area contributed by atoms with Crippen LogP contribution in [-0.4, -0.2) is 84.9 Å². The summed E-state index contributed by atoms with van der Waals surface area (Å²) in [7, 11) is 0. The lowest BCUT2D eigenvalue weighted by Gasteiger charge is -2.50. The number of rotatable bonds is 14. The van der Waals surface area contributed by atoms with Crippen LogP contribution >= 0.6 is 0 Å². The number of aryl methyl sites for hydroxylation is 1. The Bertz CT molecular complexity index is 2410. The summed E-state index contributed by atoms with van der Waals surface area (Å²) < 4.78 is 9.98. The Morgan fingerprint density at radius 1 is 0.967 bits per heavy atom. The van der Waals surface area contributed by atoms with E-state index in [9.17, 15) is 15.0 Å². The van der Waals surface area contributed by atoms with E-state index in [1.165, 1.54) is 61.8 Å². The molecule has 3 aliphatic carbocycles. The molecule has 0 radical (unpaired) electrons. The largest absolute Gasteiger partial charge is 0.508 e. The third-order valence-corrected chi connectivity index (χ3v) is 14.7. The van der Waals surface area contributed by atoms with E-state index in [2.05, 4.69) is 58.6 Å². The van der Waals surface area contributed by atoms with E-state index in [4.69, 9.17) is 14.7 Å². The van der Waals surface area contributed by atoms with E-state index < -0.39 is 5.60 Å². The Balaban J connectivity index is 0.729. The lowest BCUT2D eigenvalue weighted by atomic mass is 9.55. The molecule has 2 aromatic carbocycles. The van der Waals surface area contributed by atoms with Crippen molar-refractivity contribution in [2.75, 3.05) is 44.2 Å². The van der Waals surface area contributed by atoms with Gasteiger partial charge in [0.2, 0.25) is 0 Å². The first-order valence-electron chi connectivity index (χ1n) is 22.8. The first-order chi connectivity index (χ1) is 29.5. The van der Waals surface area contributed by atoms with Crippen LogP contribution in [0, 0.1) is 17.3 Å². The SMILES string of the molecule is C=CCn1c(=O)c2cnc(Cc3ccc(N4CCN(CCCCCO[C@H]5CC[C@H]6[C@@H]7CCc8cc(O)ccc8[C@H]7CC[C@]56C)CC4)cc3)nc2n1-c1cccc(C(C)(C)O)n1. The van der Waals surface area contributed by atoms with Gasteiger partial charge in [-0.25, -0.2) is 24.3 Å². The predicted octanol–water partition coefficient (Wildman–Crippen LogP) is 7.92. The first-order valence-corrected chi connectivity index (χ1v) is 22.8. The van der Waals surface area contributed by atoms with Gasteiger partial charge in [0.1, 0.15) is 22.6 Å². The number of allylic oxidation sites excluding steroid dienone is 1. The molecule has 0 amide bonds. The molecule has 5 atom stereocenters. The van der Waals surface area contributed by atoms with Crippen molar-refractivity contribution in [3.05, 3.63) is 118 Å². The smallest absolute Gasteiger partial charge is 0.278 e. The van der Waals surface area contributed by atoms with Crippen molar-refractivity contribution in [1.29, 1.82) is 0 Å². The second kappa shape index (κ2) is 17.1. The number of aliphatic hydroxyl groups is 1. The van der Waals surface area contributed by atoms with Crippen LogP contribution in [0.25, 0.3) is 16.9 Å². The number of pyridine rings is 1. The van der Waals surface area contributed by atoms with Crippen LogP contribution < -0.4 is 10.5 Å². The number of phenols is 1. The quantitative estimate of drug-likeness (QED) is 0.0850. The van der Waals surface area contributed by atoms with Gasteiger partial charge in [-0.1, -0.05) is 37.3 Å². The molecular formula is C50H63N7O4. The van der Waals surface area contributed by atoms with Crippen LogP contribution in [0.3, 0.4) is 0 Å². The zero-order valence-corrected chi connectivity index (χ0v) is 36.3. The molecule has 4 heterocycles. The summed E-state index contributed by atoms with van der Waals surface area (Å²) in [6, 6.07) is 20.2. The maximum Gasteiger partial charge on any atom is 0.278 e. The molecule has 0 spiro atoms. The lowest BCUT2D eigenvalue weighted by molar-refractivity contribution is -0.0647. The summed E-state index contributed by atoms with van der Waals surface area (Å²) in [5, 5.41) is 21.1. The standard InChI is InChI=1S/C50H63N7O4/c1-5-24-56-48(59)41-33-51-45(53-47(41)57(56)46-11-9-10-43(52-46)49(2,3)60)31-34-12-15-36(16-13-34)55-28-26-54(27-29-55)25-7-6-8-30-61-44-21-20-42-40-18-14-35-32-37(58)17-19-38(35)39(40)22-23-50(42,44)4/h5,9-13,15-17,19,32-33,39-40,42,44,58,60H,1,6-8,14,18,20-31H2,2-4H3/t39-,40-,42+,44+,50+/m1/s1. The molecule has 11 heteroatoms. The average Bonchev–Trinajstić information content (AvgIpc) is 3.74. The Labute approximate surface area is 360 Å². The van der Waals surface area contributed by atoms with E-state index in [1.54, 1.807) is 41.6 Å². The number of hydrogen-bond donors (Lipinski definition) is 2. The molecule has 5 aromatic rings. The van der Waals surface area contributed by atoms with Gasteiger partial charge in [-0.15, -0.1) is 6.58 Å². The second-order valence-corrected chi connectivity index (χ2v) is 19.0. The fourth-order valence-electron chi connectivity index (χ4n) is 11.4. The molecule has 11 nitrogen and oxygen atoms in total. The number of anilines is 1. The molecule has 9 rings (SSSR count). The Kier molecular flexibility index (Phi) is 11.7. The van der Waals surface area contributed by atoms with Crippen LogP contribution in [0.15, 0.2) is 84.3 Å². The van der Waals surface area contributed by atoms with E-state index in [1.807, 2.05) is 24.3 Å². The summed E-state index contributed by atoms with van der Waals surface area (Å²) in [5.74, 6) is 3.68. The van der Waals surface area contributed by atoms with Gasteiger partial charge in [0.15, 0.2) is 11.5 Å². The highest BCUT2D eigenvalue weighted by molar-refractivity contribution is 5.75. The Morgan fingerprint density at radius 2 is 1.79 bits per heavy atom. The van der Waals surface area contributed by atoms with Gasteiger partial charge in [-0.2, -0.15) is 0 Å². The Morgan fingerprint density at radius 3 is 2.57 bits per heavy atom. The summed E-state index contributed by atoms with van der Waals surface area (Å²) in [6.45, 7) is 16.2. The third kappa shape index (κ3) is 8.29. The first kappa shape index (κ1) is 41.5. The third-order valence-electron chi connectivity index (χ3n) is 14.7. The number of piperazine rings is 1. The molecule has 0 unspecified atom stereocenters. The van der Waals surface area contributed by atoms with Crippen molar-refractivity contribution in [2.45, 2.75) is 109 Å². The van der Waals surface area contributed by atoms with Crippen LogP contribution in [0.2, 0.25) is 0 Å². The van der Waals surface area contributed by atoms with Crippen LogP contribution in [0.4, 0.5) is 5.69 Å². The molecule has 3 fully saturated rings. The molecule has 3 aromatic heterocycles. The highest BCUT2D eigenvalue weighted by atomic mass is 16.5. The molecule has 2 saturated carbocycles. The number of hydrogen-bond acceptors (Lipinski definition) is 9. The van der Waals surface area contributed by atoms with Gasteiger partial charge in [0.25, 0.3) is 5.56 Å². The number of phenolic OH excluding ortho intramolecular Hbond substituents is 1. The van der Waals surface area contributed by atoms with Crippen molar-refractivity contribution in [1.82, 2.24) is 29.2 Å². The molecule has 4 aliphatic rings. The molecule has 61 heavy (non-hydrogen) atoms. The van der Waals surface area contributed by atoms with Gasteiger partial charge in [0.05, 0.1) is 18.3 Å². The van der Waals surface area contributed by atoms with Crippen LogP contribution in [0.1, 0.15) is 106 Å². The van der Waals surface area contributed by atoms with Crippen molar-refractivity contribution >= 4 is 16.7 Å². The number of aromatic nitrogens is 5. The maximum atomic E-state index is 13.4. The fraction of sp³-hybridized carbons (Fsp3) is 0.520. The van der Waals surface area contributed by atoms with Gasteiger partial charge in [-0.3, -0.25) is 9.69 Å². The van der Waals surface area contributed by atoms with Crippen molar-refractivity contribution < 1.29 is 14.9 Å². The topological polar surface area (TPSA) is 122 Å². The van der Waals surface area contributed by atoms with Crippen molar-refractivity contribution in [3.8, 4) is 11.6 Å². The number of ether oxygens (including phenoxy) is 1. The average molecular weight is 826 g/mol. The van der Waals surface area contributed by atoms with E-state index in [-0.39, 0.29) is 12.1 Å². The van der Waals surface area contributed by atoms with Gasteiger partial charge in [0, 0.05) is 51.1 Å². The van der Waals surface area contributed by atoms with E-state index in [0.29, 0.717) is 58.0 Å². The molecule has 0 bridgehead atoms. The minimum atomic E-state index is -1.14. The second-order valence-electron chi connectivity index (χ2n) is 19.0. The number of benzene rings is 2. The minimum Gasteiger partial charge on any atom is -0.508 e. The fourth-order valence-corrected chi connectivity index (χ4v) is 11.4. The van der Waals surface area contributed by atoms with E-state index >= 15 is 0 Å². The molecule has 322 valence electrons. The molecule has 1 saturated heterocycles. The number of unbranched alkanes of at least 4 members (excludes halogenated alkanes) is 2. The zero-order chi connectivity index (χ0) is 42.3. The number of aromatic hydroxyl groups is 1. The van der Waals surface area contributed by atoms with Crippen LogP contribution in [-0.2, 0) is 29.7 Å². The Hall–Kier alpha value is -4.84. The highest BCUT2D eigenvalue weighted by Gasteiger charge is 2.55. The van der Waals surface area contributed by atoms with Gasteiger partial charge >= 0.3 is 0 Å². The molecular weight excluding hydrogens is 763 g/mol. The minimum absolute atomic E-state index is 0.216. The molecule has 1 aliphatic heterocycles. The number of fused-ring (bicyclic) bond motifs is 6. The normalized spacial score (nSPS) is 24.1. The summed E-state index contributed by atoms with van der Waals surface area (Å²) in [4.78, 5) is 32.7. The van der Waals surface area contributed by atoms with E-state index in [0.717, 1.165) is 69.6 Å². The number of nitrogens with zero attached hydrogens (tertiary/aromatic N) is 7. The van der Waals surface area contributed by atoms with Crippen LogP contribution in [0.5, 0.6) is 5.75 Å². The van der Waals surface area contributed by atoms with Crippen molar-refractivity contribution in [2.24, 2.45) is 17.3 Å². The predicted molar refractivity (Wildman–Crippen MR) is 241 cm³/mol. The zero-order valence-electron chi connectivity index (χ0n) is 36.3. The summed E-state index contributed by atoms with van der Waals surface area (Å²) in [5.41, 5.74) is 5.13. The highest BCUT2D eigenvalue weighted by Crippen LogP contribution is 2.61. The maximum absolute atomic E-state index is 13.4. The molecule has 2 N–H and O–H groups in total. The summed E-state index contributed by atoms with van der Waals surface area (Å²) >= 11 is 0. The van der Waals surface area contributed by atoms with Gasteiger partial charge < -0.3 is 19.8 Å². The monoisotopic (exact) mass is 825 g/mol. The van der Waals surface area contributed by atoms with Crippen molar-refractivity contribution in [3.63, 3.8) is 0 Å². The lowest BCUT2D eigenvalue weighted by Crippen LogP contribution is -2.46.